The number of aryl methyl sites for hydroxylation is 2. The van der Waals surface area contributed by atoms with E-state index in [9.17, 15) is 0 Å². The number of fused-ring (bicyclic) bond motifs is 1. The second kappa shape index (κ2) is 3.95. The van der Waals surface area contributed by atoms with Crippen molar-refractivity contribution in [3.8, 4) is 0 Å². The van der Waals surface area contributed by atoms with E-state index in [0.717, 1.165) is 6.42 Å². The van der Waals surface area contributed by atoms with Gasteiger partial charge in [0, 0.05) is 9.60 Å². The summed E-state index contributed by atoms with van der Waals surface area (Å²) in [7, 11) is 0. The predicted molar refractivity (Wildman–Crippen MR) is 67.7 cm³/mol. The van der Waals surface area contributed by atoms with Crippen LogP contribution in [-0.4, -0.2) is 6.26 Å². The monoisotopic (exact) mass is 222 g/mol. The molecule has 0 radical (unpaired) electrons. The fourth-order valence-corrected chi connectivity index (χ4v) is 3.76. The van der Waals surface area contributed by atoms with Gasteiger partial charge in [0.1, 0.15) is 0 Å². The van der Waals surface area contributed by atoms with Crippen molar-refractivity contribution < 1.29 is 0 Å². The highest BCUT2D eigenvalue weighted by atomic mass is 32.2. The largest absolute Gasteiger partial charge is 0.142 e. The third-order valence-corrected chi connectivity index (χ3v) is 4.43. The molecular weight excluding hydrogens is 208 g/mol. The van der Waals surface area contributed by atoms with E-state index >= 15 is 0 Å². The number of thiophene rings is 1. The van der Waals surface area contributed by atoms with Crippen molar-refractivity contribution in [2.45, 2.75) is 25.2 Å². The first-order valence-electron chi connectivity index (χ1n) is 4.81. The predicted octanol–water partition coefficient (Wildman–Crippen LogP) is 4.49. The molecule has 2 aromatic rings. The van der Waals surface area contributed by atoms with Crippen molar-refractivity contribution in [2.24, 2.45) is 0 Å². The molecule has 0 atom stereocenters. The molecule has 0 nitrogen and oxygen atoms in total. The number of benzene rings is 1. The summed E-state index contributed by atoms with van der Waals surface area (Å²) in [5, 5.41) is 3.76. The fraction of sp³-hybridized carbons (Fsp3) is 0.333. The molecule has 0 aliphatic carbocycles. The van der Waals surface area contributed by atoms with Gasteiger partial charge in [-0.3, -0.25) is 0 Å². The van der Waals surface area contributed by atoms with Crippen molar-refractivity contribution in [3.63, 3.8) is 0 Å². The van der Waals surface area contributed by atoms with Gasteiger partial charge in [-0.2, -0.15) is 0 Å². The quantitative estimate of drug-likeness (QED) is 0.674. The molecule has 0 saturated carbocycles. The molecule has 0 bridgehead atoms. The Labute approximate surface area is 93.3 Å². The van der Waals surface area contributed by atoms with Gasteiger partial charge in [-0.05, 0) is 47.6 Å². The second-order valence-corrected chi connectivity index (χ2v) is 5.19. The molecule has 74 valence electrons. The van der Waals surface area contributed by atoms with Gasteiger partial charge in [0.2, 0.25) is 0 Å². The van der Waals surface area contributed by atoms with Crippen LogP contribution in [0.2, 0.25) is 0 Å². The maximum Gasteiger partial charge on any atom is 0.0481 e. The lowest BCUT2D eigenvalue weighted by Gasteiger charge is -2.02. The summed E-state index contributed by atoms with van der Waals surface area (Å²) in [4.78, 5) is 1.42. The third-order valence-electron chi connectivity index (χ3n) is 2.46. The van der Waals surface area contributed by atoms with Crippen molar-refractivity contribution in [1.29, 1.82) is 0 Å². The van der Waals surface area contributed by atoms with E-state index in [0.29, 0.717) is 0 Å². The third kappa shape index (κ3) is 1.57. The average molecular weight is 222 g/mol. The van der Waals surface area contributed by atoms with Crippen LogP contribution in [0.1, 0.15) is 18.1 Å². The van der Waals surface area contributed by atoms with Gasteiger partial charge >= 0.3 is 0 Å². The zero-order valence-electron chi connectivity index (χ0n) is 8.76. The molecule has 0 unspecified atom stereocenters. The van der Waals surface area contributed by atoms with Gasteiger partial charge in [0.25, 0.3) is 0 Å². The SMILES string of the molecule is CCc1csc2c(SC)cc(C)cc12. The van der Waals surface area contributed by atoms with Gasteiger partial charge in [-0.15, -0.1) is 23.1 Å². The van der Waals surface area contributed by atoms with Crippen LogP contribution in [0.15, 0.2) is 22.4 Å². The summed E-state index contributed by atoms with van der Waals surface area (Å²) < 4.78 is 1.46. The Bertz CT molecular complexity index is 455. The van der Waals surface area contributed by atoms with E-state index in [1.54, 1.807) is 0 Å². The highest BCUT2D eigenvalue weighted by Gasteiger charge is 2.07. The molecule has 0 aliphatic rings. The topological polar surface area (TPSA) is 0 Å². The summed E-state index contributed by atoms with van der Waals surface area (Å²) in [6.07, 6.45) is 3.29. The Kier molecular flexibility index (Phi) is 2.84. The number of rotatable bonds is 2. The Morgan fingerprint density at radius 3 is 2.79 bits per heavy atom. The van der Waals surface area contributed by atoms with Gasteiger partial charge in [0.05, 0.1) is 0 Å². The van der Waals surface area contributed by atoms with E-state index in [1.165, 1.54) is 26.1 Å². The number of thioether (sulfide) groups is 1. The summed E-state index contributed by atoms with van der Waals surface area (Å²) >= 11 is 3.72. The molecule has 0 amide bonds. The lowest BCUT2D eigenvalue weighted by molar-refractivity contribution is 1.17. The molecule has 1 aromatic heterocycles. The smallest absolute Gasteiger partial charge is 0.0481 e. The molecule has 0 aliphatic heterocycles. The minimum atomic E-state index is 1.14. The molecule has 2 heteroatoms. The van der Waals surface area contributed by atoms with Crippen LogP contribution in [0, 0.1) is 6.92 Å². The molecule has 1 aromatic carbocycles. The lowest BCUT2D eigenvalue weighted by atomic mass is 10.1. The highest BCUT2D eigenvalue weighted by Crippen LogP contribution is 2.35. The Hall–Kier alpha value is -0.470. The molecule has 0 fully saturated rings. The van der Waals surface area contributed by atoms with Gasteiger partial charge in [0.15, 0.2) is 0 Å². The highest BCUT2D eigenvalue weighted by molar-refractivity contribution is 7.99. The normalized spacial score (nSPS) is 11.1. The Morgan fingerprint density at radius 2 is 2.14 bits per heavy atom. The maximum atomic E-state index is 2.31. The van der Waals surface area contributed by atoms with Gasteiger partial charge in [-0.1, -0.05) is 13.0 Å². The Balaban J connectivity index is 2.76. The van der Waals surface area contributed by atoms with Crippen LogP contribution in [0.5, 0.6) is 0 Å². The average Bonchev–Trinajstić information content (AvgIpc) is 2.59. The van der Waals surface area contributed by atoms with Crippen molar-refractivity contribution >= 4 is 33.2 Å². The lowest BCUT2D eigenvalue weighted by Crippen LogP contribution is -1.79. The summed E-state index contributed by atoms with van der Waals surface area (Å²) in [5.74, 6) is 0. The van der Waals surface area contributed by atoms with E-state index in [1.807, 2.05) is 23.1 Å². The molecule has 1 heterocycles. The number of hydrogen-bond acceptors (Lipinski definition) is 2. The zero-order valence-corrected chi connectivity index (χ0v) is 10.4. The van der Waals surface area contributed by atoms with E-state index in [-0.39, 0.29) is 0 Å². The fourth-order valence-electron chi connectivity index (χ4n) is 1.72. The molecule has 0 spiro atoms. The summed E-state index contributed by atoms with van der Waals surface area (Å²) in [6, 6.07) is 4.59. The van der Waals surface area contributed by atoms with Gasteiger partial charge in [-0.25, -0.2) is 0 Å². The first-order valence-corrected chi connectivity index (χ1v) is 6.91. The van der Waals surface area contributed by atoms with Crippen molar-refractivity contribution in [3.05, 3.63) is 28.6 Å². The van der Waals surface area contributed by atoms with E-state index < -0.39 is 0 Å². The molecular formula is C12H14S2. The van der Waals surface area contributed by atoms with Crippen LogP contribution in [-0.2, 0) is 6.42 Å². The Morgan fingerprint density at radius 1 is 1.36 bits per heavy atom. The molecule has 14 heavy (non-hydrogen) atoms. The second-order valence-electron chi connectivity index (χ2n) is 3.46. The van der Waals surface area contributed by atoms with Crippen molar-refractivity contribution in [1.82, 2.24) is 0 Å². The van der Waals surface area contributed by atoms with E-state index in [2.05, 4.69) is 37.6 Å². The molecule has 2 rings (SSSR count). The van der Waals surface area contributed by atoms with Gasteiger partial charge < -0.3 is 0 Å². The van der Waals surface area contributed by atoms with Crippen LogP contribution < -0.4 is 0 Å². The molecule has 0 N–H and O–H groups in total. The standard InChI is InChI=1S/C12H14S2/c1-4-9-7-14-12-10(9)5-8(2)6-11(12)13-3/h5-7H,4H2,1-3H3. The first kappa shape index (κ1) is 10.1. The zero-order chi connectivity index (χ0) is 10.1. The minimum absolute atomic E-state index is 1.14. The van der Waals surface area contributed by atoms with Crippen molar-refractivity contribution in [2.75, 3.05) is 6.26 Å². The van der Waals surface area contributed by atoms with Crippen LogP contribution in [0.4, 0.5) is 0 Å². The van der Waals surface area contributed by atoms with E-state index in [4.69, 9.17) is 0 Å². The van der Waals surface area contributed by atoms with Crippen LogP contribution in [0.25, 0.3) is 10.1 Å². The summed E-state index contributed by atoms with van der Waals surface area (Å²) in [6.45, 7) is 4.40. The minimum Gasteiger partial charge on any atom is -0.142 e. The summed E-state index contributed by atoms with van der Waals surface area (Å²) in [5.41, 5.74) is 2.86. The number of hydrogen-bond donors (Lipinski definition) is 0. The van der Waals surface area contributed by atoms with Crippen LogP contribution in [0.3, 0.4) is 0 Å². The molecule has 0 saturated heterocycles. The maximum absolute atomic E-state index is 2.31. The van der Waals surface area contributed by atoms with Crippen LogP contribution >= 0.6 is 23.1 Å². The first-order chi connectivity index (χ1) is 6.76.